The van der Waals surface area contributed by atoms with Crippen molar-refractivity contribution < 1.29 is 0 Å². The standard InChI is InChI=1S/C96H63BN4/c1-7-28-64(29-8-1)70-54-71(65-30-9-2-10-31-65)57-77(56-70)100-91-52-50-75(98-87-46-23-19-40-81(87)82-41-20-24-47-88(82)98)62-85(91)97-86-63-76(99-89-48-25-21-42-83(89)84-43-22-26-49-90(84)99)51-53-92(86)101(78-58-72(66-32-11-3-12-33-66)55-73(59-78)67-34-13-4-14-35-67)94-61-74(60-93(100)96(94)97)95-79(68-36-15-5-16-37-68)44-27-45-80(95)69-38-17-6-18-39-69/h1-63H. The topological polar surface area (TPSA) is 16.3 Å². The van der Waals surface area contributed by atoms with Gasteiger partial charge in [0.05, 0.1) is 22.1 Å². The highest BCUT2D eigenvalue weighted by molar-refractivity contribution is 7.00. The molecular formula is C96H63BN4. The van der Waals surface area contributed by atoms with Gasteiger partial charge >= 0.3 is 0 Å². The van der Waals surface area contributed by atoms with Crippen molar-refractivity contribution in [2.45, 2.75) is 0 Å². The van der Waals surface area contributed by atoms with E-state index in [4.69, 9.17) is 0 Å². The molecule has 0 bridgehead atoms. The van der Waals surface area contributed by atoms with Gasteiger partial charge in [-0.05, 0) is 203 Å². The zero-order valence-electron chi connectivity index (χ0n) is 55.2. The molecule has 470 valence electrons. The quantitative estimate of drug-likeness (QED) is 0.120. The molecule has 0 atom stereocenters. The van der Waals surface area contributed by atoms with Crippen molar-refractivity contribution in [3.8, 4) is 89.3 Å². The predicted octanol–water partition coefficient (Wildman–Crippen LogP) is 23.6. The lowest BCUT2D eigenvalue weighted by molar-refractivity contribution is 1.17. The van der Waals surface area contributed by atoms with Gasteiger partial charge in [0.15, 0.2) is 0 Å². The van der Waals surface area contributed by atoms with Crippen LogP contribution in [0.2, 0.25) is 0 Å². The van der Waals surface area contributed by atoms with Gasteiger partial charge in [-0.3, -0.25) is 0 Å². The number of para-hydroxylation sites is 4. The smallest absolute Gasteiger partial charge is 0.252 e. The molecule has 2 aliphatic heterocycles. The number of hydrogen-bond acceptors (Lipinski definition) is 2. The van der Waals surface area contributed by atoms with Crippen LogP contribution in [0.5, 0.6) is 0 Å². The van der Waals surface area contributed by atoms with Crippen LogP contribution in [0.25, 0.3) is 133 Å². The minimum Gasteiger partial charge on any atom is -0.311 e. The van der Waals surface area contributed by atoms with Crippen LogP contribution in [0.15, 0.2) is 382 Å². The van der Waals surface area contributed by atoms with Crippen molar-refractivity contribution >= 4 is 101 Å². The van der Waals surface area contributed by atoms with Crippen molar-refractivity contribution in [2.75, 3.05) is 9.80 Å². The number of anilines is 6. The first-order valence-corrected chi connectivity index (χ1v) is 34.9. The molecule has 16 aromatic carbocycles. The summed E-state index contributed by atoms with van der Waals surface area (Å²) in [5.74, 6) is 0. The number of aromatic nitrogens is 2. The van der Waals surface area contributed by atoms with Crippen LogP contribution >= 0.6 is 0 Å². The maximum absolute atomic E-state index is 2.63. The molecule has 4 nitrogen and oxygen atoms in total. The van der Waals surface area contributed by atoms with E-state index in [1.165, 1.54) is 37.9 Å². The van der Waals surface area contributed by atoms with Crippen molar-refractivity contribution in [1.29, 1.82) is 0 Å². The Labute approximate surface area is 587 Å². The molecule has 0 saturated heterocycles. The third-order valence-electron chi connectivity index (χ3n) is 21.0. The first kappa shape index (κ1) is 58.0. The highest BCUT2D eigenvalue weighted by Crippen LogP contribution is 2.52. The van der Waals surface area contributed by atoms with Crippen molar-refractivity contribution in [3.05, 3.63) is 382 Å². The van der Waals surface area contributed by atoms with E-state index >= 15 is 0 Å². The molecular weight excluding hydrogens is 1220 g/mol. The molecule has 0 amide bonds. The highest BCUT2D eigenvalue weighted by Gasteiger charge is 2.45. The average molecular weight is 1280 g/mol. The summed E-state index contributed by atoms with van der Waals surface area (Å²) >= 11 is 0. The Bertz CT molecular complexity index is 5670. The normalized spacial score (nSPS) is 12.3. The fraction of sp³-hybridized carbons (Fsp3) is 0. The van der Waals surface area contributed by atoms with E-state index in [0.717, 1.165) is 145 Å². The summed E-state index contributed by atoms with van der Waals surface area (Å²) < 4.78 is 4.99. The average Bonchev–Trinajstić information content (AvgIpc) is 0.881. The molecule has 101 heavy (non-hydrogen) atoms. The fourth-order valence-corrected chi connectivity index (χ4v) is 16.6. The van der Waals surface area contributed by atoms with Gasteiger partial charge in [0.25, 0.3) is 6.71 Å². The van der Waals surface area contributed by atoms with Crippen molar-refractivity contribution in [2.24, 2.45) is 0 Å². The van der Waals surface area contributed by atoms with E-state index in [0.29, 0.717) is 0 Å². The Morgan fingerprint density at radius 1 is 0.188 bits per heavy atom. The third kappa shape index (κ3) is 9.61. The molecule has 2 aromatic heterocycles. The lowest BCUT2D eigenvalue weighted by Crippen LogP contribution is -2.61. The number of fused-ring (bicyclic) bond motifs is 10. The minimum absolute atomic E-state index is 0.303. The predicted molar refractivity (Wildman–Crippen MR) is 427 cm³/mol. The van der Waals surface area contributed by atoms with Gasteiger partial charge < -0.3 is 18.9 Å². The zero-order valence-corrected chi connectivity index (χ0v) is 55.2. The van der Waals surface area contributed by atoms with Crippen LogP contribution in [0.1, 0.15) is 0 Å². The highest BCUT2D eigenvalue weighted by atomic mass is 15.2. The van der Waals surface area contributed by atoms with Gasteiger partial charge in [0.2, 0.25) is 0 Å². The molecule has 18 aromatic rings. The summed E-state index contributed by atoms with van der Waals surface area (Å²) in [5, 5.41) is 4.89. The van der Waals surface area contributed by atoms with Gasteiger partial charge in [-0.2, -0.15) is 0 Å². The number of benzene rings is 16. The van der Waals surface area contributed by atoms with Gasteiger partial charge in [0.1, 0.15) is 0 Å². The number of nitrogens with zero attached hydrogens (tertiary/aromatic N) is 4. The summed E-state index contributed by atoms with van der Waals surface area (Å²) in [7, 11) is 0. The molecule has 0 aliphatic carbocycles. The Morgan fingerprint density at radius 3 is 0.812 bits per heavy atom. The van der Waals surface area contributed by atoms with E-state index in [1.54, 1.807) is 0 Å². The molecule has 2 aliphatic rings. The van der Waals surface area contributed by atoms with E-state index in [9.17, 15) is 0 Å². The maximum atomic E-state index is 2.63. The van der Waals surface area contributed by atoms with Crippen molar-refractivity contribution in [1.82, 2.24) is 9.13 Å². The maximum Gasteiger partial charge on any atom is 0.252 e. The summed E-state index contributed by atoms with van der Waals surface area (Å²) in [6.07, 6.45) is 0. The first-order valence-electron chi connectivity index (χ1n) is 34.9. The van der Waals surface area contributed by atoms with Gasteiger partial charge in [-0.15, -0.1) is 0 Å². The minimum atomic E-state index is -0.303. The second-order valence-corrected chi connectivity index (χ2v) is 26.7. The SMILES string of the molecule is c1ccc(-c2cc(-c3ccccc3)cc(N3c4ccc(-n5c6ccccc6c6ccccc65)cc4B4c5cc(-n6c7ccccc7c7ccccc76)ccc5N(c5cc(-c6ccccc6)cc(-c6ccccc6)c5)c5cc(-c6c(-c7ccccc7)cccc6-c6ccccc6)cc3c54)c2)cc1. The second-order valence-electron chi connectivity index (χ2n) is 26.7. The van der Waals surface area contributed by atoms with Crippen LogP contribution in [0.3, 0.4) is 0 Å². The fourth-order valence-electron chi connectivity index (χ4n) is 16.6. The Hall–Kier alpha value is -13.2. The molecule has 20 rings (SSSR count). The third-order valence-corrected chi connectivity index (χ3v) is 21.0. The lowest BCUT2D eigenvalue weighted by atomic mass is 9.33. The summed E-state index contributed by atoms with van der Waals surface area (Å²) in [6.45, 7) is -0.303. The van der Waals surface area contributed by atoms with Crippen LogP contribution in [-0.2, 0) is 0 Å². The van der Waals surface area contributed by atoms with E-state index in [1.807, 2.05) is 0 Å². The molecule has 0 fully saturated rings. The van der Waals surface area contributed by atoms with Gasteiger partial charge in [-0.25, -0.2) is 0 Å². The summed E-state index contributed by atoms with van der Waals surface area (Å²) in [4.78, 5) is 5.26. The molecule has 0 unspecified atom stereocenters. The first-order chi connectivity index (χ1) is 50.1. The monoisotopic (exact) mass is 1280 g/mol. The molecule has 0 spiro atoms. The van der Waals surface area contributed by atoms with Crippen LogP contribution in [-0.4, -0.2) is 15.8 Å². The van der Waals surface area contributed by atoms with Gasteiger partial charge in [-0.1, -0.05) is 273 Å². The van der Waals surface area contributed by atoms with Crippen LogP contribution in [0, 0.1) is 0 Å². The van der Waals surface area contributed by atoms with E-state index < -0.39 is 0 Å². The number of hydrogen-bond donors (Lipinski definition) is 0. The summed E-state index contributed by atoms with van der Waals surface area (Å²) in [5.41, 5.74) is 33.0. The Kier molecular flexibility index (Phi) is 13.7. The largest absolute Gasteiger partial charge is 0.311 e. The molecule has 0 radical (unpaired) electrons. The Balaban J connectivity index is 0.966. The lowest BCUT2D eigenvalue weighted by Gasteiger charge is -2.45. The van der Waals surface area contributed by atoms with E-state index in [2.05, 4.69) is 401 Å². The molecule has 0 N–H and O–H groups in total. The molecule has 5 heteroatoms. The zero-order chi connectivity index (χ0) is 66.5. The van der Waals surface area contributed by atoms with Crippen LogP contribution in [0.4, 0.5) is 34.1 Å². The van der Waals surface area contributed by atoms with Crippen LogP contribution < -0.4 is 26.2 Å². The van der Waals surface area contributed by atoms with E-state index in [-0.39, 0.29) is 6.71 Å². The second kappa shape index (κ2) is 23.8. The Morgan fingerprint density at radius 2 is 0.485 bits per heavy atom. The van der Waals surface area contributed by atoms with Crippen molar-refractivity contribution in [3.63, 3.8) is 0 Å². The molecule has 4 heterocycles. The number of rotatable bonds is 11. The summed E-state index contributed by atoms with van der Waals surface area (Å²) in [6, 6.07) is 142. The van der Waals surface area contributed by atoms with Gasteiger partial charge in [0, 0.05) is 67.0 Å². The molecule has 0 saturated carbocycles.